The van der Waals surface area contributed by atoms with Gasteiger partial charge in [-0.1, -0.05) is 30.3 Å². The minimum absolute atomic E-state index is 0.0330. The van der Waals surface area contributed by atoms with Crippen LogP contribution in [0.3, 0.4) is 0 Å². The quantitative estimate of drug-likeness (QED) is 0.890. The average Bonchev–Trinajstić information content (AvgIpc) is 2.91. The Kier molecular flexibility index (Phi) is 3.14. The number of hydrogen-bond acceptors (Lipinski definition) is 3. The number of hydroxylamine groups is 2. The Morgan fingerprint density at radius 3 is 2.83 bits per heavy atom. The van der Waals surface area contributed by atoms with Crippen molar-refractivity contribution < 1.29 is 9.94 Å². The van der Waals surface area contributed by atoms with E-state index in [0.29, 0.717) is 0 Å². The zero-order chi connectivity index (χ0) is 12.6. The zero-order valence-electron chi connectivity index (χ0n) is 10.9. The summed E-state index contributed by atoms with van der Waals surface area (Å²) in [6.07, 6.45) is 3.55. The highest BCUT2D eigenvalue weighted by molar-refractivity contribution is 5.15. The number of fused-ring (bicyclic) bond motifs is 1. The first-order valence-corrected chi connectivity index (χ1v) is 6.84. The van der Waals surface area contributed by atoms with Gasteiger partial charge >= 0.3 is 0 Å². The second-order valence-electron chi connectivity index (χ2n) is 5.61. The minimum Gasteiger partial charge on any atom is -0.396 e. The molecule has 18 heavy (non-hydrogen) atoms. The minimum atomic E-state index is -0.0330. The summed E-state index contributed by atoms with van der Waals surface area (Å²) in [5.74, 6) is 0. The van der Waals surface area contributed by atoms with Gasteiger partial charge in [-0.3, -0.25) is 4.84 Å². The number of aliphatic hydroxyl groups is 1. The van der Waals surface area contributed by atoms with Gasteiger partial charge in [-0.15, -0.1) is 0 Å². The molecule has 0 bridgehead atoms. The van der Waals surface area contributed by atoms with Crippen LogP contribution in [0.1, 0.15) is 31.7 Å². The topological polar surface area (TPSA) is 32.7 Å². The average molecular weight is 247 g/mol. The first-order chi connectivity index (χ1) is 8.76. The van der Waals surface area contributed by atoms with Crippen molar-refractivity contribution in [1.29, 1.82) is 0 Å². The van der Waals surface area contributed by atoms with Gasteiger partial charge in [-0.2, -0.15) is 5.06 Å². The second-order valence-corrected chi connectivity index (χ2v) is 5.61. The van der Waals surface area contributed by atoms with Crippen LogP contribution in [-0.4, -0.2) is 28.9 Å². The molecule has 1 aromatic rings. The van der Waals surface area contributed by atoms with Crippen LogP contribution in [0.5, 0.6) is 0 Å². The lowest BCUT2D eigenvalue weighted by atomic mass is 9.79. The monoisotopic (exact) mass is 247 g/mol. The van der Waals surface area contributed by atoms with E-state index < -0.39 is 0 Å². The van der Waals surface area contributed by atoms with Gasteiger partial charge in [0.25, 0.3) is 0 Å². The molecule has 0 amide bonds. The highest BCUT2D eigenvalue weighted by Crippen LogP contribution is 2.50. The normalized spacial score (nSPS) is 35.9. The first-order valence-electron chi connectivity index (χ1n) is 6.84. The molecule has 1 saturated heterocycles. The van der Waals surface area contributed by atoms with E-state index in [1.807, 2.05) is 6.07 Å². The number of benzene rings is 1. The van der Waals surface area contributed by atoms with Crippen LogP contribution >= 0.6 is 0 Å². The van der Waals surface area contributed by atoms with Crippen molar-refractivity contribution in [1.82, 2.24) is 5.06 Å². The van der Waals surface area contributed by atoms with Crippen molar-refractivity contribution in [2.24, 2.45) is 5.41 Å². The van der Waals surface area contributed by atoms with E-state index in [9.17, 15) is 5.11 Å². The van der Waals surface area contributed by atoms with Gasteiger partial charge in [0.05, 0.1) is 12.7 Å². The molecule has 3 heteroatoms. The molecule has 2 aliphatic rings. The van der Waals surface area contributed by atoms with Gasteiger partial charge < -0.3 is 5.11 Å². The van der Waals surface area contributed by atoms with Crippen molar-refractivity contribution in [2.75, 3.05) is 6.61 Å². The Hall–Kier alpha value is -0.900. The number of nitrogens with zero attached hydrogens (tertiary/aromatic N) is 1. The summed E-state index contributed by atoms with van der Waals surface area (Å²) in [6.45, 7) is 3.23. The first kappa shape index (κ1) is 12.2. The van der Waals surface area contributed by atoms with Gasteiger partial charge in [0, 0.05) is 18.0 Å². The maximum atomic E-state index is 9.77. The predicted molar refractivity (Wildman–Crippen MR) is 69.7 cm³/mol. The Balaban J connectivity index is 1.76. The Morgan fingerprint density at radius 1 is 1.39 bits per heavy atom. The molecule has 3 nitrogen and oxygen atoms in total. The summed E-state index contributed by atoms with van der Waals surface area (Å²) in [6, 6.07) is 10.7. The molecule has 1 aromatic carbocycles. The van der Waals surface area contributed by atoms with Gasteiger partial charge in [0.15, 0.2) is 0 Å². The largest absolute Gasteiger partial charge is 0.396 e. The Bertz CT molecular complexity index is 408. The summed E-state index contributed by atoms with van der Waals surface area (Å²) in [4.78, 5) is 6.07. The summed E-state index contributed by atoms with van der Waals surface area (Å²) in [7, 11) is 0. The van der Waals surface area contributed by atoms with Crippen molar-refractivity contribution in [3.05, 3.63) is 35.9 Å². The summed E-state index contributed by atoms with van der Waals surface area (Å²) < 4.78 is 0. The Labute approximate surface area is 108 Å². The van der Waals surface area contributed by atoms with E-state index >= 15 is 0 Å². The SMILES string of the molecule is C[C@H]1N(Cc2ccccc2)O[C@@H]2CCC[C@@]21CO. The number of hydrogen-bond donors (Lipinski definition) is 1. The van der Waals surface area contributed by atoms with Crippen molar-refractivity contribution in [2.45, 2.75) is 44.9 Å². The van der Waals surface area contributed by atoms with Gasteiger partial charge in [0.2, 0.25) is 0 Å². The molecule has 1 aliphatic heterocycles. The fourth-order valence-electron chi connectivity index (χ4n) is 3.49. The molecule has 0 spiro atoms. The van der Waals surface area contributed by atoms with Crippen LogP contribution in [-0.2, 0) is 11.4 Å². The fourth-order valence-corrected chi connectivity index (χ4v) is 3.49. The summed E-state index contributed by atoms with van der Waals surface area (Å²) >= 11 is 0. The van der Waals surface area contributed by atoms with Gasteiger partial charge in [-0.25, -0.2) is 0 Å². The number of rotatable bonds is 3. The smallest absolute Gasteiger partial charge is 0.0887 e. The predicted octanol–water partition coefficient (Wildman–Crippen LogP) is 2.35. The lowest BCUT2D eigenvalue weighted by Gasteiger charge is -2.30. The molecule has 1 N–H and O–H groups in total. The third-order valence-electron chi connectivity index (χ3n) is 4.75. The van der Waals surface area contributed by atoms with Crippen molar-refractivity contribution in [3.63, 3.8) is 0 Å². The molecule has 1 aliphatic carbocycles. The third-order valence-corrected chi connectivity index (χ3v) is 4.75. The van der Waals surface area contributed by atoms with E-state index in [1.165, 1.54) is 12.0 Å². The van der Waals surface area contributed by atoms with E-state index in [0.717, 1.165) is 19.4 Å². The van der Waals surface area contributed by atoms with Gasteiger partial charge in [-0.05, 0) is 31.7 Å². The number of aliphatic hydroxyl groups excluding tert-OH is 1. The molecule has 98 valence electrons. The van der Waals surface area contributed by atoms with Gasteiger partial charge in [0.1, 0.15) is 0 Å². The molecule has 0 unspecified atom stereocenters. The van der Waals surface area contributed by atoms with Crippen LogP contribution in [0.15, 0.2) is 30.3 Å². The molecule has 2 fully saturated rings. The van der Waals surface area contributed by atoms with Crippen molar-refractivity contribution >= 4 is 0 Å². The maximum absolute atomic E-state index is 9.77. The summed E-state index contributed by atoms with van der Waals surface area (Å²) in [5, 5.41) is 11.8. The molecular formula is C15H21NO2. The molecule has 0 radical (unpaired) electrons. The van der Waals surface area contributed by atoms with E-state index in [1.54, 1.807) is 0 Å². The highest BCUT2D eigenvalue weighted by Gasteiger charge is 2.55. The maximum Gasteiger partial charge on any atom is 0.0887 e. The van der Waals surface area contributed by atoms with Crippen LogP contribution < -0.4 is 0 Å². The molecular weight excluding hydrogens is 226 g/mol. The standard InChI is InChI=1S/C15H21NO2/c1-12-15(11-17)9-5-8-14(15)18-16(12)10-13-6-3-2-4-7-13/h2-4,6-7,12,14,17H,5,8-11H2,1H3/t12-,14-,15+/m1/s1. The van der Waals surface area contributed by atoms with Crippen LogP contribution in [0.2, 0.25) is 0 Å². The molecule has 0 aromatic heterocycles. The molecule has 1 heterocycles. The summed E-state index contributed by atoms with van der Waals surface area (Å²) in [5.41, 5.74) is 1.23. The van der Waals surface area contributed by atoms with Crippen LogP contribution in [0.4, 0.5) is 0 Å². The second kappa shape index (κ2) is 4.65. The van der Waals surface area contributed by atoms with Crippen LogP contribution in [0.25, 0.3) is 0 Å². The molecule has 1 saturated carbocycles. The van der Waals surface area contributed by atoms with E-state index in [2.05, 4.69) is 36.3 Å². The van der Waals surface area contributed by atoms with Crippen molar-refractivity contribution in [3.8, 4) is 0 Å². The third kappa shape index (κ3) is 1.78. The molecule has 3 atom stereocenters. The fraction of sp³-hybridized carbons (Fsp3) is 0.600. The zero-order valence-corrected chi connectivity index (χ0v) is 10.9. The highest BCUT2D eigenvalue weighted by atomic mass is 16.7. The molecule has 3 rings (SSSR count). The lowest BCUT2D eigenvalue weighted by molar-refractivity contribution is -0.168. The van der Waals surface area contributed by atoms with E-state index in [-0.39, 0.29) is 24.2 Å². The Morgan fingerprint density at radius 2 is 2.17 bits per heavy atom. The lowest BCUT2D eigenvalue weighted by Crippen LogP contribution is -2.40. The van der Waals surface area contributed by atoms with Crippen LogP contribution in [0, 0.1) is 5.41 Å². The van der Waals surface area contributed by atoms with E-state index in [4.69, 9.17) is 4.84 Å².